The van der Waals surface area contributed by atoms with Gasteiger partial charge in [-0.25, -0.2) is 0 Å². The van der Waals surface area contributed by atoms with Gasteiger partial charge >= 0.3 is 0 Å². The van der Waals surface area contributed by atoms with Gasteiger partial charge in [-0.2, -0.15) is 4.99 Å². The second kappa shape index (κ2) is 4.36. The average Bonchev–Trinajstić information content (AvgIpc) is 2.49. The molecule has 0 atom stereocenters. The maximum Gasteiger partial charge on any atom is 0.286 e. The Morgan fingerprint density at radius 3 is 2.53 bits per heavy atom. The lowest BCUT2D eigenvalue weighted by Gasteiger charge is -1.95. The van der Waals surface area contributed by atoms with Gasteiger partial charge in [-0.1, -0.05) is 12.1 Å². The molecule has 1 amide bonds. The molecule has 0 spiro atoms. The third-order valence-electron chi connectivity index (χ3n) is 1.80. The Bertz CT molecular complexity index is 465. The monoisotopic (exact) mass is 330 g/mol. The van der Waals surface area contributed by atoms with Crippen LogP contribution in [0, 0.1) is 3.57 Å². The van der Waals surface area contributed by atoms with Crippen LogP contribution in [-0.2, 0) is 4.79 Å². The number of thioether (sulfide) groups is 1. The molecule has 0 saturated heterocycles. The van der Waals surface area contributed by atoms with E-state index < -0.39 is 0 Å². The molecule has 3 nitrogen and oxygen atoms in total. The Balaban J connectivity index is 2.25. The predicted molar refractivity (Wildman–Crippen MR) is 71.4 cm³/mol. The molecule has 1 aromatic rings. The molecule has 1 aliphatic heterocycles. The van der Waals surface area contributed by atoms with E-state index in [0.29, 0.717) is 10.1 Å². The topological polar surface area (TPSA) is 55.4 Å². The number of benzene rings is 1. The van der Waals surface area contributed by atoms with E-state index in [4.69, 9.17) is 5.73 Å². The summed E-state index contributed by atoms with van der Waals surface area (Å²) in [5.74, 6) is -0.254. The van der Waals surface area contributed by atoms with Gasteiger partial charge in [-0.15, -0.1) is 0 Å². The molecule has 5 heteroatoms. The van der Waals surface area contributed by atoms with Crippen molar-refractivity contribution >= 4 is 51.5 Å². The van der Waals surface area contributed by atoms with Crippen molar-refractivity contribution in [1.82, 2.24) is 0 Å². The molecule has 0 unspecified atom stereocenters. The molecule has 0 fully saturated rings. The van der Waals surface area contributed by atoms with E-state index in [2.05, 4.69) is 27.6 Å². The van der Waals surface area contributed by atoms with E-state index in [1.54, 1.807) is 6.08 Å². The first kappa shape index (κ1) is 10.7. The minimum atomic E-state index is -0.254. The van der Waals surface area contributed by atoms with Gasteiger partial charge in [0.1, 0.15) is 0 Å². The number of amides is 1. The maximum atomic E-state index is 11.3. The standard InChI is InChI=1S/C10H7IN2OS/c11-7-3-1-6(2-4-7)5-8-9(14)13-10(12)15-8/h1-5H,(H2,12,13,14)/b8-5-. The average molecular weight is 330 g/mol. The van der Waals surface area contributed by atoms with Gasteiger partial charge in [0, 0.05) is 3.57 Å². The zero-order valence-electron chi connectivity index (χ0n) is 7.61. The number of nitrogens with two attached hydrogens (primary N) is 1. The van der Waals surface area contributed by atoms with Gasteiger partial charge < -0.3 is 5.73 Å². The molecule has 0 radical (unpaired) electrons. The minimum Gasteiger partial charge on any atom is -0.378 e. The third kappa shape index (κ3) is 2.60. The van der Waals surface area contributed by atoms with Crippen molar-refractivity contribution < 1.29 is 4.79 Å². The van der Waals surface area contributed by atoms with Gasteiger partial charge in [-0.3, -0.25) is 4.79 Å². The number of carbonyl (C=O) groups is 1. The van der Waals surface area contributed by atoms with E-state index in [-0.39, 0.29) is 5.91 Å². The molecule has 0 aromatic heterocycles. The number of hydrogen-bond acceptors (Lipinski definition) is 3. The Morgan fingerprint density at radius 2 is 2.00 bits per heavy atom. The highest BCUT2D eigenvalue weighted by Gasteiger charge is 2.18. The molecule has 0 bridgehead atoms. The quantitative estimate of drug-likeness (QED) is 0.635. The number of carbonyl (C=O) groups excluding carboxylic acids is 1. The highest BCUT2D eigenvalue weighted by Crippen LogP contribution is 2.26. The van der Waals surface area contributed by atoms with Gasteiger partial charge in [0.25, 0.3) is 5.91 Å². The lowest BCUT2D eigenvalue weighted by molar-refractivity contribution is -0.113. The van der Waals surface area contributed by atoms with Gasteiger partial charge in [0.05, 0.1) is 4.91 Å². The molecule has 76 valence electrons. The van der Waals surface area contributed by atoms with Gasteiger partial charge in [0.2, 0.25) is 0 Å². The zero-order valence-corrected chi connectivity index (χ0v) is 10.6. The Labute approximate surface area is 105 Å². The lowest BCUT2D eigenvalue weighted by atomic mass is 10.2. The van der Waals surface area contributed by atoms with Crippen molar-refractivity contribution in [3.05, 3.63) is 38.3 Å². The summed E-state index contributed by atoms with van der Waals surface area (Å²) in [5, 5.41) is 0.316. The summed E-state index contributed by atoms with van der Waals surface area (Å²) in [4.78, 5) is 15.5. The van der Waals surface area contributed by atoms with Crippen LogP contribution in [0.25, 0.3) is 6.08 Å². The van der Waals surface area contributed by atoms with Crippen LogP contribution in [-0.4, -0.2) is 11.1 Å². The van der Waals surface area contributed by atoms with Crippen molar-refractivity contribution in [3.8, 4) is 0 Å². The molecule has 1 aliphatic rings. The fourth-order valence-corrected chi connectivity index (χ4v) is 2.18. The van der Waals surface area contributed by atoms with E-state index >= 15 is 0 Å². The van der Waals surface area contributed by atoms with Crippen LogP contribution in [0.5, 0.6) is 0 Å². The Kier molecular flexibility index (Phi) is 3.11. The summed E-state index contributed by atoms with van der Waals surface area (Å²) in [6, 6.07) is 7.89. The summed E-state index contributed by atoms with van der Waals surface area (Å²) >= 11 is 3.44. The van der Waals surface area contributed by atoms with Crippen LogP contribution < -0.4 is 5.73 Å². The van der Waals surface area contributed by atoms with Gasteiger partial charge in [0.15, 0.2) is 5.17 Å². The summed E-state index contributed by atoms with van der Waals surface area (Å²) in [6.45, 7) is 0. The van der Waals surface area contributed by atoms with Crippen LogP contribution in [0.15, 0.2) is 34.2 Å². The van der Waals surface area contributed by atoms with E-state index in [1.165, 1.54) is 11.8 Å². The van der Waals surface area contributed by atoms with Crippen LogP contribution in [0.1, 0.15) is 5.56 Å². The fourth-order valence-electron chi connectivity index (χ4n) is 1.14. The van der Waals surface area contributed by atoms with Gasteiger partial charge in [-0.05, 0) is 58.1 Å². The van der Waals surface area contributed by atoms with E-state index in [0.717, 1.165) is 9.13 Å². The highest BCUT2D eigenvalue weighted by atomic mass is 127. The molecule has 0 aliphatic carbocycles. The first-order valence-electron chi connectivity index (χ1n) is 4.19. The summed E-state index contributed by atoms with van der Waals surface area (Å²) in [6.07, 6.45) is 1.80. The molecule has 15 heavy (non-hydrogen) atoms. The maximum absolute atomic E-state index is 11.3. The van der Waals surface area contributed by atoms with Crippen molar-refractivity contribution in [3.63, 3.8) is 0 Å². The van der Waals surface area contributed by atoms with Crippen molar-refractivity contribution in [2.45, 2.75) is 0 Å². The predicted octanol–water partition coefficient (Wildman–Crippen LogP) is 2.22. The first-order valence-corrected chi connectivity index (χ1v) is 6.08. The second-order valence-electron chi connectivity index (χ2n) is 2.92. The largest absolute Gasteiger partial charge is 0.378 e. The second-order valence-corrected chi connectivity index (χ2v) is 5.23. The van der Waals surface area contributed by atoms with E-state index in [9.17, 15) is 4.79 Å². The zero-order chi connectivity index (χ0) is 10.8. The van der Waals surface area contributed by atoms with Crippen molar-refractivity contribution in [1.29, 1.82) is 0 Å². The molecule has 0 saturated carbocycles. The summed E-state index contributed by atoms with van der Waals surface area (Å²) in [7, 11) is 0. The Morgan fingerprint density at radius 1 is 1.33 bits per heavy atom. The van der Waals surface area contributed by atoms with Crippen molar-refractivity contribution in [2.75, 3.05) is 0 Å². The van der Waals surface area contributed by atoms with Crippen LogP contribution in [0.2, 0.25) is 0 Å². The molecular formula is C10H7IN2OS. The van der Waals surface area contributed by atoms with Crippen LogP contribution >= 0.6 is 34.4 Å². The molecule has 2 rings (SSSR count). The Hall–Kier alpha value is -0.820. The molecule has 1 aromatic carbocycles. The molecular weight excluding hydrogens is 323 g/mol. The van der Waals surface area contributed by atoms with Crippen molar-refractivity contribution in [2.24, 2.45) is 10.7 Å². The lowest BCUT2D eigenvalue weighted by Crippen LogP contribution is -2.01. The van der Waals surface area contributed by atoms with E-state index in [1.807, 2.05) is 24.3 Å². The first-order chi connectivity index (χ1) is 7.15. The molecule has 1 heterocycles. The van der Waals surface area contributed by atoms with Crippen LogP contribution in [0.4, 0.5) is 0 Å². The smallest absolute Gasteiger partial charge is 0.286 e. The number of rotatable bonds is 1. The minimum absolute atomic E-state index is 0.254. The fraction of sp³-hybridized carbons (Fsp3) is 0. The van der Waals surface area contributed by atoms with Crippen LogP contribution in [0.3, 0.4) is 0 Å². The molecule has 2 N–H and O–H groups in total. The number of nitrogens with zero attached hydrogens (tertiary/aromatic N) is 1. The SMILES string of the molecule is NC1=NC(=O)/C(=C/c2ccc(I)cc2)S1. The summed E-state index contributed by atoms with van der Waals surface area (Å²) < 4.78 is 1.16. The number of amidine groups is 1. The normalized spacial score (nSPS) is 18.3. The highest BCUT2D eigenvalue weighted by molar-refractivity contribution is 14.1. The number of halogens is 1. The third-order valence-corrected chi connectivity index (χ3v) is 3.34. The number of aliphatic imine (C=N–C) groups is 1. The number of hydrogen-bond donors (Lipinski definition) is 1. The summed E-state index contributed by atoms with van der Waals surface area (Å²) in [5.41, 5.74) is 6.43.